The van der Waals surface area contributed by atoms with Crippen molar-refractivity contribution in [1.29, 1.82) is 0 Å². The van der Waals surface area contributed by atoms with Gasteiger partial charge in [0.1, 0.15) is 24.2 Å². The van der Waals surface area contributed by atoms with Crippen molar-refractivity contribution in [3.05, 3.63) is 71.4 Å². The predicted molar refractivity (Wildman–Crippen MR) is 110 cm³/mol. The van der Waals surface area contributed by atoms with Gasteiger partial charge < -0.3 is 19.5 Å². The Labute approximate surface area is 187 Å². The van der Waals surface area contributed by atoms with E-state index in [9.17, 15) is 18.0 Å². The van der Waals surface area contributed by atoms with Crippen LogP contribution in [0.25, 0.3) is 0 Å². The van der Waals surface area contributed by atoms with Crippen LogP contribution in [0.4, 0.5) is 13.2 Å². The van der Waals surface area contributed by atoms with Gasteiger partial charge >= 0.3 is 6.36 Å². The number of alkyl halides is 3. The second-order valence-corrected chi connectivity index (χ2v) is 7.86. The summed E-state index contributed by atoms with van der Waals surface area (Å²) in [5, 5.41) is 7.11. The molecular formula is C23H20F3N3O4. The van der Waals surface area contributed by atoms with Crippen molar-refractivity contribution < 1.29 is 32.2 Å². The van der Waals surface area contributed by atoms with Crippen LogP contribution in [0.3, 0.4) is 0 Å². The molecule has 0 aliphatic carbocycles. The number of hydrogen-bond donors (Lipinski definition) is 1. The van der Waals surface area contributed by atoms with Gasteiger partial charge in [-0.3, -0.25) is 4.79 Å². The summed E-state index contributed by atoms with van der Waals surface area (Å²) in [4.78, 5) is 12.8. The van der Waals surface area contributed by atoms with Crippen LogP contribution in [0, 0.1) is 0 Å². The maximum Gasteiger partial charge on any atom is 0.573 e. The van der Waals surface area contributed by atoms with Crippen molar-refractivity contribution in [2.75, 3.05) is 6.61 Å². The number of rotatable bonds is 4. The summed E-state index contributed by atoms with van der Waals surface area (Å²) < 4.78 is 55.5. The number of aryl methyl sites for hydroxylation is 1. The van der Waals surface area contributed by atoms with Crippen molar-refractivity contribution in [2.45, 2.75) is 37.9 Å². The largest absolute Gasteiger partial charge is 0.573 e. The second-order valence-electron chi connectivity index (χ2n) is 7.86. The van der Waals surface area contributed by atoms with Crippen molar-refractivity contribution in [2.24, 2.45) is 0 Å². The molecule has 1 N–H and O–H groups in total. The highest BCUT2D eigenvalue weighted by Gasteiger charge is 2.34. The monoisotopic (exact) mass is 459 g/mol. The number of benzene rings is 2. The summed E-state index contributed by atoms with van der Waals surface area (Å²) in [7, 11) is 0. The van der Waals surface area contributed by atoms with E-state index in [1.54, 1.807) is 16.8 Å². The number of hydrogen-bond acceptors (Lipinski definition) is 5. The second kappa shape index (κ2) is 8.34. The van der Waals surface area contributed by atoms with Crippen LogP contribution in [-0.4, -0.2) is 34.7 Å². The third-order valence-electron chi connectivity index (χ3n) is 5.55. The molecule has 33 heavy (non-hydrogen) atoms. The predicted octanol–water partition coefficient (Wildman–Crippen LogP) is 4.04. The summed E-state index contributed by atoms with van der Waals surface area (Å²) in [6, 6.07) is 15.0. The Bertz CT molecular complexity index is 1160. The molecule has 7 nitrogen and oxygen atoms in total. The topological polar surface area (TPSA) is 74.6 Å². The van der Waals surface area contributed by atoms with E-state index in [0.29, 0.717) is 18.2 Å². The first kappa shape index (κ1) is 21.2. The molecule has 0 fully saturated rings. The Balaban J connectivity index is 1.27. The molecule has 172 valence electrons. The van der Waals surface area contributed by atoms with E-state index >= 15 is 0 Å². The number of amides is 1. The SMILES string of the molecule is O=C(NC1COc2cccc(OC(F)(F)F)c2C1)c1cc2n(n1)CCC(c1ccccc1)O2. The molecule has 3 heterocycles. The van der Waals surface area contributed by atoms with Crippen LogP contribution in [0.5, 0.6) is 17.4 Å². The molecule has 2 aliphatic rings. The Morgan fingerprint density at radius 2 is 1.97 bits per heavy atom. The molecule has 2 aromatic carbocycles. The summed E-state index contributed by atoms with van der Waals surface area (Å²) >= 11 is 0. The van der Waals surface area contributed by atoms with Crippen LogP contribution in [0.15, 0.2) is 54.6 Å². The Kier molecular flexibility index (Phi) is 5.35. The van der Waals surface area contributed by atoms with Gasteiger partial charge in [0, 0.05) is 31.0 Å². The van der Waals surface area contributed by atoms with Crippen molar-refractivity contribution in [3.8, 4) is 17.4 Å². The van der Waals surface area contributed by atoms with Crippen LogP contribution < -0.4 is 19.5 Å². The van der Waals surface area contributed by atoms with Crippen LogP contribution in [-0.2, 0) is 13.0 Å². The molecular weight excluding hydrogens is 439 g/mol. The summed E-state index contributed by atoms with van der Waals surface area (Å²) in [5.41, 5.74) is 1.47. The van der Waals surface area contributed by atoms with Gasteiger partial charge in [-0.15, -0.1) is 13.2 Å². The van der Waals surface area contributed by atoms with Crippen LogP contribution in [0.1, 0.15) is 34.1 Å². The average Bonchev–Trinajstić information content (AvgIpc) is 3.23. The molecule has 0 saturated carbocycles. The fraction of sp³-hybridized carbons (Fsp3) is 0.304. The van der Waals surface area contributed by atoms with Crippen molar-refractivity contribution >= 4 is 5.91 Å². The summed E-state index contributed by atoms with van der Waals surface area (Å²) in [6.07, 6.45) is -4.09. The van der Waals surface area contributed by atoms with Gasteiger partial charge in [-0.2, -0.15) is 5.10 Å². The standard InChI is InChI=1S/C23H20F3N3O4/c24-23(25,26)33-20-8-4-7-19-16(20)11-15(13-31-19)27-22(30)17-12-21-29(28-17)10-9-18(32-21)14-5-2-1-3-6-14/h1-8,12,15,18H,9-11,13H2,(H,27,30). The zero-order valence-electron chi connectivity index (χ0n) is 17.3. The van der Waals surface area contributed by atoms with E-state index in [4.69, 9.17) is 9.47 Å². The lowest BCUT2D eigenvalue weighted by Crippen LogP contribution is -2.43. The lowest BCUT2D eigenvalue weighted by atomic mass is 10.0. The summed E-state index contributed by atoms with van der Waals surface area (Å²) in [6.45, 7) is 0.717. The highest BCUT2D eigenvalue weighted by atomic mass is 19.4. The number of nitrogens with zero attached hydrogens (tertiary/aromatic N) is 2. The van der Waals surface area contributed by atoms with Crippen molar-refractivity contribution in [3.63, 3.8) is 0 Å². The third kappa shape index (κ3) is 4.59. The summed E-state index contributed by atoms with van der Waals surface area (Å²) in [5.74, 6) is 0.00575. The van der Waals surface area contributed by atoms with E-state index < -0.39 is 18.3 Å². The van der Waals surface area contributed by atoms with Gasteiger partial charge in [0.05, 0.1) is 6.04 Å². The molecule has 2 aliphatic heterocycles. The van der Waals surface area contributed by atoms with E-state index in [0.717, 1.165) is 12.0 Å². The van der Waals surface area contributed by atoms with Gasteiger partial charge in [0.2, 0.25) is 5.88 Å². The average molecular weight is 459 g/mol. The molecule has 0 radical (unpaired) electrons. The number of nitrogens with one attached hydrogen (secondary N) is 1. The zero-order valence-corrected chi connectivity index (χ0v) is 17.3. The maximum absolute atomic E-state index is 12.8. The molecule has 0 spiro atoms. The molecule has 2 unspecified atom stereocenters. The fourth-order valence-electron chi connectivity index (χ4n) is 4.06. The zero-order chi connectivity index (χ0) is 23.0. The Morgan fingerprint density at radius 3 is 2.76 bits per heavy atom. The van der Waals surface area contributed by atoms with Crippen LogP contribution >= 0.6 is 0 Å². The number of halogens is 3. The van der Waals surface area contributed by atoms with E-state index in [1.807, 2.05) is 30.3 Å². The molecule has 5 rings (SSSR count). The van der Waals surface area contributed by atoms with Crippen LogP contribution in [0.2, 0.25) is 0 Å². The fourth-order valence-corrected chi connectivity index (χ4v) is 4.06. The minimum atomic E-state index is -4.82. The minimum Gasteiger partial charge on any atom is -0.491 e. The van der Waals surface area contributed by atoms with Gasteiger partial charge in [0.25, 0.3) is 5.91 Å². The Morgan fingerprint density at radius 1 is 1.15 bits per heavy atom. The molecule has 0 saturated heterocycles. The first-order chi connectivity index (χ1) is 15.9. The maximum atomic E-state index is 12.8. The van der Waals surface area contributed by atoms with E-state index in [-0.39, 0.29) is 36.1 Å². The Hall–Kier alpha value is -3.69. The van der Waals surface area contributed by atoms with Gasteiger partial charge in [-0.25, -0.2) is 4.68 Å². The normalized spacial score (nSPS) is 19.5. The molecule has 3 aromatic rings. The lowest BCUT2D eigenvalue weighted by Gasteiger charge is -2.27. The highest BCUT2D eigenvalue weighted by molar-refractivity contribution is 5.92. The number of carbonyl (C=O) groups is 1. The van der Waals surface area contributed by atoms with Gasteiger partial charge in [-0.1, -0.05) is 36.4 Å². The third-order valence-corrected chi connectivity index (χ3v) is 5.55. The minimum absolute atomic E-state index is 0.119. The van der Waals surface area contributed by atoms with Gasteiger partial charge in [0.15, 0.2) is 5.69 Å². The van der Waals surface area contributed by atoms with E-state index in [2.05, 4.69) is 15.2 Å². The highest BCUT2D eigenvalue weighted by Crippen LogP contribution is 2.36. The van der Waals surface area contributed by atoms with Crippen molar-refractivity contribution in [1.82, 2.24) is 15.1 Å². The number of carbonyl (C=O) groups excluding carboxylic acids is 1. The molecule has 1 amide bonds. The molecule has 2 atom stereocenters. The molecule has 1 aromatic heterocycles. The number of aromatic nitrogens is 2. The molecule has 0 bridgehead atoms. The first-order valence-corrected chi connectivity index (χ1v) is 10.5. The first-order valence-electron chi connectivity index (χ1n) is 10.5. The molecule has 10 heteroatoms. The lowest BCUT2D eigenvalue weighted by molar-refractivity contribution is -0.275. The number of fused-ring (bicyclic) bond motifs is 2. The smallest absolute Gasteiger partial charge is 0.491 e. The van der Waals surface area contributed by atoms with Gasteiger partial charge in [-0.05, 0) is 17.7 Å². The quantitative estimate of drug-likeness (QED) is 0.638. The van der Waals surface area contributed by atoms with E-state index in [1.165, 1.54) is 12.1 Å². The number of ether oxygens (including phenoxy) is 3.